The third kappa shape index (κ3) is 2.83. The molecule has 3 nitrogen and oxygen atoms in total. The standard InChI is InChI=1S/C15H20N2O/c1-11-6-7-12(9-16)15(8-11)17-14-5-3-2-4-13(14)10-18/h6-8,13-14,17-18H,2-5,10H2,1H3. The Hall–Kier alpha value is -1.53. The van der Waals surface area contributed by atoms with E-state index in [2.05, 4.69) is 11.4 Å². The van der Waals surface area contributed by atoms with Crippen molar-refractivity contribution in [1.82, 2.24) is 0 Å². The lowest BCUT2D eigenvalue weighted by Gasteiger charge is -2.32. The largest absolute Gasteiger partial charge is 0.396 e. The van der Waals surface area contributed by atoms with Crippen molar-refractivity contribution in [2.24, 2.45) is 5.92 Å². The van der Waals surface area contributed by atoms with Crippen LogP contribution in [-0.2, 0) is 0 Å². The highest BCUT2D eigenvalue weighted by atomic mass is 16.3. The second kappa shape index (κ2) is 5.88. The van der Waals surface area contributed by atoms with E-state index >= 15 is 0 Å². The van der Waals surface area contributed by atoms with Crippen molar-refractivity contribution in [3.8, 4) is 6.07 Å². The molecule has 0 spiro atoms. The van der Waals surface area contributed by atoms with Crippen molar-refractivity contribution in [2.45, 2.75) is 38.6 Å². The van der Waals surface area contributed by atoms with Crippen LogP contribution in [0.5, 0.6) is 0 Å². The van der Waals surface area contributed by atoms with Crippen LogP contribution in [0, 0.1) is 24.2 Å². The van der Waals surface area contributed by atoms with Crippen molar-refractivity contribution in [2.75, 3.05) is 11.9 Å². The van der Waals surface area contributed by atoms with E-state index in [0.717, 1.165) is 24.1 Å². The van der Waals surface area contributed by atoms with E-state index in [9.17, 15) is 5.11 Å². The maximum atomic E-state index is 9.42. The first-order valence-corrected chi connectivity index (χ1v) is 6.62. The van der Waals surface area contributed by atoms with Crippen LogP contribution in [0.15, 0.2) is 18.2 Å². The Morgan fingerprint density at radius 1 is 1.39 bits per heavy atom. The van der Waals surface area contributed by atoms with E-state index in [-0.39, 0.29) is 12.6 Å². The number of nitrogens with one attached hydrogen (secondary N) is 1. The summed E-state index contributed by atoms with van der Waals surface area (Å²) in [7, 11) is 0. The molecule has 1 fully saturated rings. The maximum absolute atomic E-state index is 9.42. The highest BCUT2D eigenvalue weighted by Gasteiger charge is 2.24. The molecule has 2 atom stereocenters. The molecule has 0 heterocycles. The summed E-state index contributed by atoms with van der Waals surface area (Å²) in [6.45, 7) is 2.25. The second-order valence-corrected chi connectivity index (χ2v) is 5.14. The lowest BCUT2D eigenvalue weighted by molar-refractivity contribution is 0.178. The molecule has 0 amide bonds. The summed E-state index contributed by atoms with van der Waals surface area (Å²) in [5.41, 5.74) is 2.73. The van der Waals surface area contributed by atoms with Gasteiger partial charge in [0, 0.05) is 18.6 Å². The lowest BCUT2D eigenvalue weighted by atomic mass is 9.85. The first-order chi connectivity index (χ1) is 8.74. The van der Waals surface area contributed by atoms with Gasteiger partial charge in [0.1, 0.15) is 6.07 Å². The monoisotopic (exact) mass is 244 g/mol. The van der Waals surface area contributed by atoms with Crippen LogP contribution in [0.2, 0.25) is 0 Å². The lowest BCUT2D eigenvalue weighted by Crippen LogP contribution is -2.34. The number of hydrogen-bond acceptors (Lipinski definition) is 3. The van der Waals surface area contributed by atoms with E-state index in [1.165, 1.54) is 12.8 Å². The van der Waals surface area contributed by atoms with Gasteiger partial charge in [0.15, 0.2) is 0 Å². The zero-order chi connectivity index (χ0) is 13.0. The van der Waals surface area contributed by atoms with Gasteiger partial charge in [0.05, 0.1) is 11.3 Å². The van der Waals surface area contributed by atoms with Crippen molar-refractivity contribution in [3.63, 3.8) is 0 Å². The van der Waals surface area contributed by atoms with Crippen LogP contribution in [0.3, 0.4) is 0 Å². The molecule has 1 aliphatic carbocycles. The Bertz CT molecular complexity index is 450. The normalized spacial score (nSPS) is 23.4. The molecular formula is C15H20N2O. The zero-order valence-electron chi connectivity index (χ0n) is 10.8. The fraction of sp³-hybridized carbons (Fsp3) is 0.533. The number of aryl methyl sites for hydroxylation is 1. The molecule has 2 unspecified atom stereocenters. The number of aliphatic hydroxyl groups is 1. The number of benzene rings is 1. The van der Waals surface area contributed by atoms with E-state index in [0.29, 0.717) is 11.5 Å². The van der Waals surface area contributed by atoms with E-state index in [1.54, 1.807) is 0 Å². The zero-order valence-corrected chi connectivity index (χ0v) is 10.8. The summed E-state index contributed by atoms with van der Waals surface area (Å²) in [6.07, 6.45) is 4.54. The molecule has 0 saturated heterocycles. The number of hydrogen-bond donors (Lipinski definition) is 2. The summed E-state index contributed by atoms with van der Waals surface area (Å²) >= 11 is 0. The van der Waals surface area contributed by atoms with Gasteiger partial charge in [-0.25, -0.2) is 0 Å². The van der Waals surface area contributed by atoms with Gasteiger partial charge in [0.2, 0.25) is 0 Å². The summed E-state index contributed by atoms with van der Waals surface area (Å²) in [5, 5.41) is 22.0. The molecule has 0 bridgehead atoms. The van der Waals surface area contributed by atoms with Gasteiger partial charge >= 0.3 is 0 Å². The number of rotatable bonds is 3. The van der Waals surface area contributed by atoms with E-state index in [1.807, 2.05) is 25.1 Å². The predicted octanol–water partition coefficient (Wildman–Crippen LogP) is 2.83. The van der Waals surface area contributed by atoms with Crippen LogP contribution in [-0.4, -0.2) is 17.8 Å². The molecule has 96 valence electrons. The quantitative estimate of drug-likeness (QED) is 0.859. The highest BCUT2D eigenvalue weighted by molar-refractivity contribution is 5.59. The van der Waals surface area contributed by atoms with Crippen LogP contribution >= 0.6 is 0 Å². The van der Waals surface area contributed by atoms with E-state index in [4.69, 9.17) is 5.26 Å². The van der Waals surface area contributed by atoms with Gasteiger partial charge in [0.25, 0.3) is 0 Å². The molecule has 2 N–H and O–H groups in total. The molecule has 2 rings (SSSR count). The van der Waals surface area contributed by atoms with E-state index < -0.39 is 0 Å². The van der Waals surface area contributed by atoms with Crippen molar-refractivity contribution < 1.29 is 5.11 Å². The minimum Gasteiger partial charge on any atom is -0.396 e. The van der Waals surface area contributed by atoms with Gasteiger partial charge in [-0.05, 0) is 37.5 Å². The van der Waals surface area contributed by atoms with Crippen LogP contribution in [0.1, 0.15) is 36.8 Å². The Balaban J connectivity index is 2.17. The minimum absolute atomic E-state index is 0.228. The average Bonchev–Trinajstić information content (AvgIpc) is 2.40. The van der Waals surface area contributed by atoms with Crippen molar-refractivity contribution in [3.05, 3.63) is 29.3 Å². The molecular weight excluding hydrogens is 224 g/mol. The van der Waals surface area contributed by atoms with Gasteiger partial charge in [-0.1, -0.05) is 18.9 Å². The third-order valence-electron chi connectivity index (χ3n) is 3.78. The number of nitriles is 1. The Labute approximate surface area is 108 Å². The topological polar surface area (TPSA) is 56.0 Å². The molecule has 1 saturated carbocycles. The van der Waals surface area contributed by atoms with Crippen molar-refractivity contribution >= 4 is 5.69 Å². The third-order valence-corrected chi connectivity index (χ3v) is 3.78. The Morgan fingerprint density at radius 3 is 2.89 bits per heavy atom. The number of nitrogens with zero attached hydrogens (tertiary/aromatic N) is 1. The van der Waals surface area contributed by atoms with Gasteiger partial charge in [-0.2, -0.15) is 5.26 Å². The first kappa shape index (κ1) is 12.9. The molecule has 1 aromatic rings. The molecule has 1 aromatic carbocycles. The van der Waals surface area contributed by atoms with Crippen LogP contribution < -0.4 is 5.32 Å². The van der Waals surface area contributed by atoms with Gasteiger partial charge in [-0.3, -0.25) is 0 Å². The fourth-order valence-corrected chi connectivity index (χ4v) is 2.69. The van der Waals surface area contributed by atoms with Crippen molar-refractivity contribution in [1.29, 1.82) is 5.26 Å². The van der Waals surface area contributed by atoms with Crippen LogP contribution in [0.4, 0.5) is 5.69 Å². The molecule has 0 aromatic heterocycles. The molecule has 1 aliphatic rings. The molecule has 0 aliphatic heterocycles. The number of aliphatic hydroxyl groups excluding tert-OH is 1. The van der Waals surface area contributed by atoms with Gasteiger partial charge in [-0.15, -0.1) is 0 Å². The first-order valence-electron chi connectivity index (χ1n) is 6.62. The Morgan fingerprint density at radius 2 is 2.17 bits per heavy atom. The van der Waals surface area contributed by atoms with Gasteiger partial charge < -0.3 is 10.4 Å². The summed E-state index contributed by atoms with van der Waals surface area (Å²) < 4.78 is 0. The molecule has 0 radical (unpaired) electrons. The summed E-state index contributed by atoms with van der Waals surface area (Å²) in [4.78, 5) is 0. The highest BCUT2D eigenvalue weighted by Crippen LogP contribution is 2.28. The minimum atomic E-state index is 0.228. The summed E-state index contributed by atoms with van der Waals surface area (Å²) in [6, 6.07) is 8.33. The maximum Gasteiger partial charge on any atom is 0.101 e. The fourth-order valence-electron chi connectivity index (χ4n) is 2.69. The summed E-state index contributed by atoms with van der Waals surface area (Å²) in [5.74, 6) is 0.311. The predicted molar refractivity (Wildman–Crippen MR) is 72.3 cm³/mol. The Kier molecular flexibility index (Phi) is 4.22. The molecule has 3 heteroatoms. The van der Waals surface area contributed by atoms with Crippen LogP contribution in [0.25, 0.3) is 0 Å². The smallest absolute Gasteiger partial charge is 0.101 e. The number of anilines is 1. The molecule has 18 heavy (non-hydrogen) atoms. The SMILES string of the molecule is Cc1ccc(C#N)c(NC2CCCCC2CO)c1. The second-order valence-electron chi connectivity index (χ2n) is 5.14. The average molecular weight is 244 g/mol.